The third-order valence-electron chi connectivity index (χ3n) is 2.96. The molecule has 1 aromatic carbocycles. The van der Waals surface area contributed by atoms with Crippen molar-refractivity contribution in [2.24, 2.45) is 16.8 Å². The fraction of sp³-hybridized carbons (Fsp3) is 0.462. The highest BCUT2D eigenvalue weighted by Gasteiger charge is 2.09. The van der Waals surface area contributed by atoms with Gasteiger partial charge in [-0.05, 0) is 24.1 Å². The molecule has 0 aliphatic rings. The van der Waals surface area contributed by atoms with Crippen LogP contribution in [0.3, 0.4) is 0 Å². The van der Waals surface area contributed by atoms with E-state index in [4.69, 9.17) is 27.3 Å². The first-order valence-electron chi connectivity index (χ1n) is 6.02. The van der Waals surface area contributed by atoms with E-state index in [0.29, 0.717) is 28.9 Å². The van der Waals surface area contributed by atoms with Gasteiger partial charge in [-0.1, -0.05) is 43.4 Å². The molecule has 0 aromatic heterocycles. The van der Waals surface area contributed by atoms with Crippen LogP contribution in [0.25, 0.3) is 0 Å². The zero-order valence-corrected chi connectivity index (χ0v) is 11.4. The van der Waals surface area contributed by atoms with Crippen LogP contribution >= 0.6 is 11.6 Å². The second-order valence-corrected chi connectivity index (χ2v) is 4.53. The third-order valence-corrected chi connectivity index (χ3v) is 3.26. The van der Waals surface area contributed by atoms with Gasteiger partial charge in [-0.25, -0.2) is 0 Å². The smallest absolute Gasteiger partial charge is 0.170 e. The van der Waals surface area contributed by atoms with Crippen LogP contribution in [0.1, 0.15) is 32.3 Å². The number of oxime groups is 1. The molecule has 1 rings (SSSR count). The fourth-order valence-electron chi connectivity index (χ4n) is 1.57. The number of rotatable bonds is 6. The summed E-state index contributed by atoms with van der Waals surface area (Å²) < 4.78 is 5.67. The van der Waals surface area contributed by atoms with E-state index >= 15 is 0 Å². The van der Waals surface area contributed by atoms with Crippen LogP contribution in [0.2, 0.25) is 5.02 Å². The predicted octanol–water partition coefficient (Wildman–Crippen LogP) is 3.25. The molecular weight excluding hydrogens is 252 g/mol. The summed E-state index contributed by atoms with van der Waals surface area (Å²) in [6.07, 6.45) is 2.16. The molecule has 0 spiro atoms. The van der Waals surface area contributed by atoms with Crippen molar-refractivity contribution in [2.45, 2.75) is 26.7 Å². The Balaban J connectivity index is 2.74. The molecule has 100 valence electrons. The molecule has 0 saturated heterocycles. The summed E-state index contributed by atoms with van der Waals surface area (Å²) in [5.41, 5.74) is 6.05. The Kier molecular flexibility index (Phi) is 5.78. The zero-order chi connectivity index (χ0) is 13.5. The van der Waals surface area contributed by atoms with E-state index in [1.54, 1.807) is 18.2 Å². The zero-order valence-electron chi connectivity index (χ0n) is 10.7. The number of hydrogen-bond donors (Lipinski definition) is 2. The molecule has 0 aliphatic carbocycles. The summed E-state index contributed by atoms with van der Waals surface area (Å²) in [5.74, 6) is 1.19. The number of nitrogens with zero attached hydrogens (tertiary/aromatic N) is 1. The number of benzene rings is 1. The van der Waals surface area contributed by atoms with E-state index in [-0.39, 0.29) is 5.84 Å². The van der Waals surface area contributed by atoms with Gasteiger partial charge in [0, 0.05) is 5.56 Å². The molecule has 0 atom stereocenters. The molecular formula is C13H19ClN2O2. The SMILES string of the molecule is CCC(CC)COc1ccc(/C(N)=N/O)cc1Cl. The first kappa shape index (κ1) is 14.6. The Morgan fingerprint density at radius 2 is 2.11 bits per heavy atom. The summed E-state index contributed by atoms with van der Waals surface area (Å²) >= 11 is 6.08. The Morgan fingerprint density at radius 1 is 1.44 bits per heavy atom. The maximum atomic E-state index is 8.58. The standard InChI is InChI=1S/C13H19ClN2O2/c1-3-9(4-2)8-18-12-6-5-10(7-11(12)14)13(15)16-17/h5-7,9,17H,3-4,8H2,1-2H3,(H2,15,16). The van der Waals surface area contributed by atoms with E-state index in [2.05, 4.69) is 19.0 Å². The lowest BCUT2D eigenvalue weighted by atomic mass is 10.1. The molecule has 0 heterocycles. The van der Waals surface area contributed by atoms with Crippen LogP contribution in [0.5, 0.6) is 5.75 Å². The largest absolute Gasteiger partial charge is 0.492 e. The van der Waals surface area contributed by atoms with Gasteiger partial charge in [0.25, 0.3) is 0 Å². The van der Waals surface area contributed by atoms with Crippen molar-refractivity contribution in [1.29, 1.82) is 0 Å². The van der Waals surface area contributed by atoms with E-state index in [1.165, 1.54) is 0 Å². The number of nitrogens with two attached hydrogens (primary N) is 1. The van der Waals surface area contributed by atoms with E-state index in [0.717, 1.165) is 12.8 Å². The predicted molar refractivity (Wildman–Crippen MR) is 73.5 cm³/mol. The number of ether oxygens (including phenoxy) is 1. The van der Waals surface area contributed by atoms with Crippen LogP contribution in [0.4, 0.5) is 0 Å². The average molecular weight is 271 g/mol. The molecule has 0 saturated carbocycles. The van der Waals surface area contributed by atoms with Crippen molar-refractivity contribution in [3.8, 4) is 5.75 Å². The van der Waals surface area contributed by atoms with Crippen molar-refractivity contribution < 1.29 is 9.94 Å². The molecule has 3 N–H and O–H groups in total. The lowest BCUT2D eigenvalue weighted by Gasteiger charge is -2.15. The third kappa shape index (κ3) is 3.81. The van der Waals surface area contributed by atoms with Crippen LogP contribution in [0, 0.1) is 5.92 Å². The molecule has 0 unspecified atom stereocenters. The Hall–Kier alpha value is -1.42. The van der Waals surface area contributed by atoms with E-state index in [1.807, 2.05) is 0 Å². The summed E-state index contributed by atoms with van der Waals surface area (Å²) in [5, 5.41) is 12.0. The quantitative estimate of drug-likeness (QED) is 0.361. The van der Waals surface area contributed by atoms with E-state index in [9.17, 15) is 0 Å². The van der Waals surface area contributed by atoms with Crippen LogP contribution in [0.15, 0.2) is 23.4 Å². The van der Waals surface area contributed by atoms with Crippen LogP contribution < -0.4 is 10.5 Å². The molecule has 0 radical (unpaired) electrons. The number of hydrogen-bond acceptors (Lipinski definition) is 3. The van der Waals surface area contributed by atoms with Gasteiger partial charge < -0.3 is 15.7 Å². The van der Waals surface area contributed by atoms with Crippen molar-refractivity contribution in [3.05, 3.63) is 28.8 Å². The summed E-state index contributed by atoms with van der Waals surface area (Å²) in [4.78, 5) is 0. The molecule has 1 aromatic rings. The number of amidine groups is 1. The Bertz CT molecular complexity index is 417. The Morgan fingerprint density at radius 3 is 2.61 bits per heavy atom. The lowest BCUT2D eigenvalue weighted by Crippen LogP contribution is -2.13. The van der Waals surface area contributed by atoms with E-state index < -0.39 is 0 Å². The minimum atomic E-state index is 0.0310. The minimum Gasteiger partial charge on any atom is -0.492 e. The van der Waals surface area contributed by atoms with Crippen LogP contribution in [-0.2, 0) is 0 Å². The average Bonchev–Trinajstić information content (AvgIpc) is 2.40. The summed E-state index contributed by atoms with van der Waals surface area (Å²) in [6.45, 7) is 4.93. The Labute approximate surface area is 112 Å². The summed E-state index contributed by atoms with van der Waals surface area (Å²) in [7, 11) is 0. The first-order chi connectivity index (χ1) is 8.62. The van der Waals surface area contributed by atoms with Crippen molar-refractivity contribution in [2.75, 3.05) is 6.61 Å². The molecule has 0 aliphatic heterocycles. The van der Waals surface area contributed by atoms with Crippen molar-refractivity contribution in [1.82, 2.24) is 0 Å². The fourth-order valence-corrected chi connectivity index (χ4v) is 1.80. The summed E-state index contributed by atoms with van der Waals surface area (Å²) in [6, 6.07) is 5.07. The second kappa shape index (κ2) is 7.11. The maximum absolute atomic E-state index is 8.58. The van der Waals surface area contributed by atoms with Gasteiger partial charge >= 0.3 is 0 Å². The van der Waals surface area contributed by atoms with Gasteiger partial charge in [-0.2, -0.15) is 0 Å². The van der Waals surface area contributed by atoms with Gasteiger partial charge in [0.05, 0.1) is 11.6 Å². The van der Waals surface area contributed by atoms with Gasteiger partial charge in [-0.15, -0.1) is 0 Å². The van der Waals surface area contributed by atoms with Gasteiger partial charge in [-0.3, -0.25) is 0 Å². The lowest BCUT2D eigenvalue weighted by molar-refractivity contribution is 0.240. The molecule has 0 bridgehead atoms. The molecule has 0 amide bonds. The normalized spacial score (nSPS) is 11.9. The van der Waals surface area contributed by atoms with Crippen molar-refractivity contribution >= 4 is 17.4 Å². The maximum Gasteiger partial charge on any atom is 0.170 e. The highest BCUT2D eigenvalue weighted by atomic mass is 35.5. The minimum absolute atomic E-state index is 0.0310. The second-order valence-electron chi connectivity index (χ2n) is 4.12. The number of halogens is 1. The monoisotopic (exact) mass is 270 g/mol. The molecule has 18 heavy (non-hydrogen) atoms. The highest BCUT2D eigenvalue weighted by molar-refractivity contribution is 6.32. The van der Waals surface area contributed by atoms with Gasteiger partial charge in [0.1, 0.15) is 5.75 Å². The van der Waals surface area contributed by atoms with Gasteiger partial charge in [0.15, 0.2) is 5.84 Å². The highest BCUT2D eigenvalue weighted by Crippen LogP contribution is 2.26. The molecule has 0 fully saturated rings. The topological polar surface area (TPSA) is 67.8 Å². The molecule has 5 heteroatoms. The molecule has 4 nitrogen and oxygen atoms in total. The van der Waals surface area contributed by atoms with Crippen LogP contribution in [-0.4, -0.2) is 17.6 Å². The first-order valence-corrected chi connectivity index (χ1v) is 6.40. The van der Waals surface area contributed by atoms with Gasteiger partial charge in [0.2, 0.25) is 0 Å². The van der Waals surface area contributed by atoms with Crippen molar-refractivity contribution in [3.63, 3.8) is 0 Å².